The molecule has 0 spiro atoms. The van der Waals surface area contributed by atoms with Crippen LogP contribution < -0.4 is 5.32 Å². The van der Waals surface area contributed by atoms with E-state index in [0.717, 1.165) is 16.6 Å². The molecule has 0 fully saturated rings. The molecule has 2 N–H and O–H groups in total. The maximum absolute atomic E-state index is 10.7. The largest absolute Gasteiger partial charge is 0.480 e. The van der Waals surface area contributed by atoms with Gasteiger partial charge in [0.15, 0.2) is 0 Å². The van der Waals surface area contributed by atoms with Crippen molar-refractivity contribution in [3.63, 3.8) is 0 Å². The maximum Gasteiger partial charge on any atom is 0.322 e. The van der Waals surface area contributed by atoms with Gasteiger partial charge < -0.3 is 10.4 Å². The Morgan fingerprint density at radius 2 is 2.42 bits per heavy atom. The lowest BCUT2D eigenvalue weighted by atomic mass is 9.87. The van der Waals surface area contributed by atoms with Gasteiger partial charge in [0, 0.05) is 4.88 Å². The third-order valence-corrected chi connectivity index (χ3v) is 4.72. The Morgan fingerprint density at radius 1 is 1.58 bits per heavy atom. The molecule has 0 radical (unpaired) electrons. The van der Waals surface area contributed by atoms with Gasteiger partial charge in [0.25, 0.3) is 0 Å². The molecule has 1 atom stereocenters. The molecule has 6 heteroatoms. The van der Waals surface area contributed by atoms with Crippen molar-refractivity contribution < 1.29 is 9.90 Å². The van der Waals surface area contributed by atoms with Crippen LogP contribution in [0.5, 0.6) is 0 Å². The molecule has 3 rings (SSSR count). The molecule has 2 heterocycles. The van der Waals surface area contributed by atoms with Crippen LogP contribution in [0.1, 0.15) is 36.1 Å². The number of aliphatic carboxylic acids is 1. The first-order valence-electron chi connectivity index (χ1n) is 6.38. The first-order chi connectivity index (χ1) is 9.16. The number of aryl methyl sites for hydroxylation is 1. The van der Waals surface area contributed by atoms with Gasteiger partial charge in [-0.15, -0.1) is 11.3 Å². The molecule has 1 aliphatic carbocycles. The van der Waals surface area contributed by atoms with E-state index < -0.39 is 5.97 Å². The summed E-state index contributed by atoms with van der Waals surface area (Å²) in [5, 5.41) is 12.7. The molecule has 1 aliphatic rings. The van der Waals surface area contributed by atoms with Gasteiger partial charge in [-0.2, -0.15) is 0 Å². The molecule has 0 bridgehead atoms. The molecule has 2 aromatic heterocycles. The number of fused-ring (bicyclic) bond motifs is 3. The second-order valence-electron chi connectivity index (χ2n) is 4.88. The lowest BCUT2D eigenvalue weighted by molar-refractivity contribution is -0.134. The number of carboxylic acid groups (broad SMARTS) is 1. The molecule has 0 aliphatic heterocycles. The number of rotatable bonds is 3. The van der Waals surface area contributed by atoms with E-state index in [1.165, 1.54) is 29.6 Å². The molecule has 5 nitrogen and oxygen atoms in total. The Morgan fingerprint density at radius 3 is 3.21 bits per heavy atom. The second kappa shape index (κ2) is 4.77. The first kappa shape index (κ1) is 12.3. The van der Waals surface area contributed by atoms with E-state index >= 15 is 0 Å². The van der Waals surface area contributed by atoms with Crippen molar-refractivity contribution in [1.29, 1.82) is 0 Å². The van der Waals surface area contributed by atoms with Gasteiger partial charge >= 0.3 is 5.97 Å². The van der Waals surface area contributed by atoms with E-state index in [4.69, 9.17) is 5.11 Å². The molecule has 19 heavy (non-hydrogen) atoms. The van der Waals surface area contributed by atoms with Crippen LogP contribution in [0.3, 0.4) is 0 Å². The van der Waals surface area contributed by atoms with Crippen molar-refractivity contribution in [3.05, 3.63) is 16.8 Å². The van der Waals surface area contributed by atoms with Crippen LogP contribution in [0.4, 0.5) is 5.82 Å². The maximum atomic E-state index is 10.7. The summed E-state index contributed by atoms with van der Waals surface area (Å²) in [4.78, 5) is 21.6. The molecular formula is C13H15N3O2S. The number of nitrogens with one attached hydrogen (secondary N) is 1. The summed E-state index contributed by atoms with van der Waals surface area (Å²) in [5.74, 6) is 0.261. The minimum absolute atomic E-state index is 0.120. The number of carboxylic acids is 1. The highest BCUT2D eigenvalue weighted by Gasteiger charge is 2.24. The molecular weight excluding hydrogens is 262 g/mol. The number of anilines is 1. The van der Waals surface area contributed by atoms with Crippen molar-refractivity contribution in [2.45, 2.75) is 32.1 Å². The Balaban J connectivity index is 2.12. The van der Waals surface area contributed by atoms with Crippen LogP contribution in [0.25, 0.3) is 10.2 Å². The lowest BCUT2D eigenvalue weighted by Gasteiger charge is -2.19. The zero-order valence-corrected chi connectivity index (χ0v) is 11.5. The molecule has 0 saturated carbocycles. The van der Waals surface area contributed by atoms with Gasteiger partial charge in [-0.05, 0) is 30.7 Å². The van der Waals surface area contributed by atoms with Gasteiger partial charge in [-0.3, -0.25) is 4.79 Å². The van der Waals surface area contributed by atoms with E-state index in [1.807, 2.05) is 0 Å². The van der Waals surface area contributed by atoms with Crippen LogP contribution in [0, 0.1) is 0 Å². The van der Waals surface area contributed by atoms with Gasteiger partial charge in [-0.25, -0.2) is 9.97 Å². The highest BCUT2D eigenvalue weighted by Crippen LogP contribution is 2.43. The van der Waals surface area contributed by atoms with Crippen LogP contribution in [-0.2, 0) is 11.2 Å². The van der Waals surface area contributed by atoms with E-state index in [9.17, 15) is 4.79 Å². The average Bonchev–Trinajstić information content (AvgIpc) is 2.76. The van der Waals surface area contributed by atoms with E-state index in [0.29, 0.717) is 11.7 Å². The van der Waals surface area contributed by atoms with Crippen molar-refractivity contribution >= 4 is 33.3 Å². The fourth-order valence-electron chi connectivity index (χ4n) is 2.71. The minimum Gasteiger partial charge on any atom is -0.480 e. The van der Waals surface area contributed by atoms with Crippen LogP contribution in [0.15, 0.2) is 6.33 Å². The fraction of sp³-hybridized carbons (Fsp3) is 0.462. The Bertz CT molecular complexity index is 638. The molecule has 0 saturated heterocycles. The summed E-state index contributed by atoms with van der Waals surface area (Å²) in [6, 6.07) is 0. The quantitative estimate of drug-likeness (QED) is 0.902. The lowest BCUT2D eigenvalue weighted by Crippen LogP contribution is -2.14. The van der Waals surface area contributed by atoms with Crippen molar-refractivity contribution in [2.75, 3.05) is 11.9 Å². The Hall–Kier alpha value is -1.69. The number of hydrogen-bond acceptors (Lipinski definition) is 5. The van der Waals surface area contributed by atoms with E-state index in [2.05, 4.69) is 22.2 Å². The number of carbonyl (C=O) groups is 1. The van der Waals surface area contributed by atoms with Crippen LogP contribution >= 0.6 is 11.3 Å². The predicted octanol–water partition coefficient (Wildman–Crippen LogP) is 2.63. The highest BCUT2D eigenvalue weighted by atomic mass is 32.1. The number of aromatic nitrogens is 2. The van der Waals surface area contributed by atoms with Crippen molar-refractivity contribution in [1.82, 2.24) is 9.97 Å². The van der Waals surface area contributed by atoms with Crippen LogP contribution in [0.2, 0.25) is 0 Å². The van der Waals surface area contributed by atoms with Crippen molar-refractivity contribution in [3.8, 4) is 0 Å². The summed E-state index contributed by atoms with van der Waals surface area (Å²) in [6.45, 7) is 2.10. The Kier molecular flexibility index (Phi) is 3.10. The molecule has 0 aromatic carbocycles. The molecule has 0 amide bonds. The number of nitrogens with zero attached hydrogens (tertiary/aromatic N) is 2. The highest BCUT2D eigenvalue weighted by molar-refractivity contribution is 7.19. The topological polar surface area (TPSA) is 75.1 Å². The van der Waals surface area contributed by atoms with Gasteiger partial charge in [0.2, 0.25) is 0 Å². The average molecular weight is 277 g/mol. The molecule has 100 valence electrons. The standard InChI is InChI=1S/C13H15N3O2S/c1-7-3-2-4-8-10(7)11-12(14-5-9(17)18)15-6-16-13(11)19-8/h6-7H,2-5H2,1H3,(H,17,18)(H,14,15,16)/t7-/m1/s1. The summed E-state index contributed by atoms with van der Waals surface area (Å²) in [6.07, 6.45) is 4.98. The zero-order chi connectivity index (χ0) is 13.4. The number of thiophene rings is 1. The summed E-state index contributed by atoms with van der Waals surface area (Å²) < 4.78 is 0. The van der Waals surface area contributed by atoms with E-state index in [-0.39, 0.29) is 6.54 Å². The summed E-state index contributed by atoms with van der Waals surface area (Å²) in [5.41, 5.74) is 1.32. The third kappa shape index (κ3) is 2.16. The smallest absolute Gasteiger partial charge is 0.322 e. The van der Waals surface area contributed by atoms with Crippen LogP contribution in [-0.4, -0.2) is 27.6 Å². The SMILES string of the molecule is C[C@@H]1CCCc2sc3ncnc(NCC(=O)O)c3c21. The van der Waals surface area contributed by atoms with Gasteiger partial charge in [0.05, 0.1) is 5.39 Å². The summed E-state index contributed by atoms with van der Waals surface area (Å²) in [7, 11) is 0. The zero-order valence-electron chi connectivity index (χ0n) is 10.6. The summed E-state index contributed by atoms with van der Waals surface area (Å²) >= 11 is 1.71. The van der Waals surface area contributed by atoms with Gasteiger partial charge in [-0.1, -0.05) is 6.92 Å². The van der Waals surface area contributed by atoms with Crippen molar-refractivity contribution in [2.24, 2.45) is 0 Å². The second-order valence-corrected chi connectivity index (χ2v) is 5.97. The minimum atomic E-state index is -0.885. The van der Waals surface area contributed by atoms with E-state index in [1.54, 1.807) is 11.3 Å². The molecule has 0 unspecified atom stereocenters. The number of hydrogen-bond donors (Lipinski definition) is 2. The Labute approximate surface area is 114 Å². The third-order valence-electron chi connectivity index (χ3n) is 3.54. The van der Waals surface area contributed by atoms with Gasteiger partial charge in [0.1, 0.15) is 23.5 Å². The fourth-order valence-corrected chi connectivity index (χ4v) is 4.02. The first-order valence-corrected chi connectivity index (χ1v) is 7.20. The molecule has 2 aromatic rings. The normalized spacial score (nSPS) is 18.3. The monoisotopic (exact) mass is 277 g/mol. The predicted molar refractivity (Wildman–Crippen MR) is 74.9 cm³/mol.